The van der Waals surface area contributed by atoms with Gasteiger partial charge in [-0.1, -0.05) is 0 Å². The van der Waals surface area contributed by atoms with Gasteiger partial charge in [-0.05, 0) is 0 Å². The second kappa shape index (κ2) is 6.30. The molecule has 1 aromatic heterocycles. The van der Waals surface area contributed by atoms with Crippen LogP contribution in [-0.2, 0) is 6.54 Å². The van der Waals surface area contributed by atoms with Crippen molar-refractivity contribution in [2.45, 2.75) is 12.5 Å². The number of anilines is 1. The number of nitrogens with one attached hydrogen (secondary N) is 2. The highest BCUT2D eigenvalue weighted by atomic mass is 16.3. The summed E-state index contributed by atoms with van der Waals surface area (Å²) in [6.07, 6.45) is 2.93. The van der Waals surface area contributed by atoms with Crippen molar-refractivity contribution < 1.29 is 15.0 Å². The van der Waals surface area contributed by atoms with Gasteiger partial charge in [0.1, 0.15) is 5.82 Å². The number of aliphatic hydroxyl groups is 2. The Kier molecular flexibility index (Phi) is 4.64. The summed E-state index contributed by atoms with van der Waals surface area (Å²) in [6, 6.07) is 0. The number of amides is 1. The van der Waals surface area contributed by atoms with Gasteiger partial charge in [0.05, 0.1) is 12.7 Å². The maximum Gasteiger partial charge on any atom is 0.278 e. The van der Waals surface area contributed by atoms with E-state index in [2.05, 4.69) is 20.6 Å². The minimum Gasteiger partial charge on any atom is -0.396 e. The van der Waals surface area contributed by atoms with Crippen LogP contribution in [0.2, 0.25) is 0 Å². The highest BCUT2D eigenvalue weighted by Crippen LogP contribution is 2.23. The zero-order valence-electron chi connectivity index (χ0n) is 12.5. The Balaban J connectivity index is 2.27. The van der Waals surface area contributed by atoms with E-state index in [0.29, 0.717) is 12.4 Å². The Morgan fingerprint density at radius 2 is 2.18 bits per heavy atom. The largest absolute Gasteiger partial charge is 0.396 e. The van der Waals surface area contributed by atoms with Crippen molar-refractivity contribution in [1.82, 2.24) is 19.8 Å². The number of hydrogen-bond acceptors (Lipinski definition) is 7. The first kappa shape index (κ1) is 16.2. The number of nitrogens with zero attached hydrogens (tertiary/aromatic N) is 4. The molecule has 0 saturated heterocycles. The number of carbonyl (C=O) groups excluding carboxylic acids is 1. The molecule has 0 bridgehead atoms. The molecule has 1 atom stereocenters. The number of rotatable bonds is 6. The number of aromatic nitrogens is 2. The predicted octanol–water partition coefficient (Wildman–Crippen LogP) is -2.20. The summed E-state index contributed by atoms with van der Waals surface area (Å²) < 4.78 is 1.62. The monoisotopic (exact) mass is 311 g/mol. The third kappa shape index (κ3) is 3.35. The Morgan fingerprint density at radius 3 is 2.77 bits per heavy atom. The summed E-state index contributed by atoms with van der Waals surface area (Å²) in [5, 5.41) is 23.8. The van der Waals surface area contributed by atoms with E-state index in [0.717, 1.165) is 0 Å². The van der Waals surface area contributed by atoms with E-state index in [9.17, 15) is 15.0 Å². The Hall–Kier alpha value is -2.17. The molecule has 0 radical (unpaired) electrons. The molecule has 0 spiro atoms. The van der Waals surface area contributed by atoms with Crippen LogP contribution in [0.4, 0.5) is 5.82 Å². The molecule has 122 valence electrons. The van der Waals surface area contributed by atoms with Crippen LogP contribution in [0.1, 0.15) is 10.5 Å². The first-order valence-corrected chi connectivity index (χ1v) is 6.76. The molecule has 0 aliphatic carbocycles. The smallest absolute Gasteiger partial charge is 0.278 e. The number of fused-ring (bicyclic) bond motifs is 1. The van der Waals surface area contributed by atoms with Gasteiger partial charge in [0, 0.05) is 39.8 Å². The van der Waals surface area contributed by atoms with Crippen LogP contribution < -0.4 is 16.4 Å². The van der Waals surface area contributed by atoms with Crippen LogP contribution in [0.15, 0.2) is 11.3 Å². The van der Waals surface area contributed by atoms with Gasteiger partial charge in [0.2, 0.25) is 0 Å². The molecule has 1 aliphatic heterocycles. The van der Waals surface area contributed by atoms with Gasteiger partial charge in [-0.2, -0.15) is 0 Å². The van der Waals surface area contributed by atoms with Crippen molar-refractivity contribution >= 4 is 18.1 Å². The first-order chi connectivity index (χ1) is 10.4. The van der Waals surface area contributed by atoms with Gasteiger partial charge < -0.3 is 25.0 Å². The standard InChI is InChI=1S/C12H21N7O3/c1-18(2)7-15-12(13)16-10-9(11(22)17-12)14-6-19(10)3-8(4-20)5-21/h6-8,16,20-21H,3-5,13H2,1-2H3,(H,17,22)/b15-7+. The lowest BCUT2D eigenvalue weighted by molar-refractivity contribution is 0.0900. The first-order valence-electron chi connectivity index (χ1n) is 6.76. The van der Waals surface area contributed by atoms with Crippen LogP contribution >= 0.6 is 0 Å². The van der Waals surface area contributed by atoms with E-state index >= 15 is 0 Å². The van der Waals surface area contributed by atoms with Crippen LogP contribution in [0.3, 0.4) is 0 Å². The number of aliphatic imine (C=N–C) groups is 1. The van der Waals surface area contributed by atoms with Crippen molar-refractivity contribution in [3.8, 4) is 0 Å². The fraction of sp³-hybridized carbons (Fsp3) is 0.583. The van der Waals surface area contributed by atoms with E-state index in [1.807, 2.05) is 0 Å². The van der Waals surface area contributed by atoms with Crippen molar-refractivity contribution in [3.63, 3.8) is 0 Å². The third-order valence-electron chi connectivity index (χ3n) is 3.13. The molecule has 10 nitrogen and oxygen atoms in total. The van der Waals surface area contributed by atoms with Crippen LogP contribution in [0, 0.1) is 5.92 Å². The molecule has 2 heterocycles. The molecule has 2 rings (SSSR count). The molecule has 1 aromatic rings. The van der Waals surface area contributed by atoms with Gasteiger partial charge in [-0.15, -0.1) is 0 Å². The molecule has 0 aromatic carbocycles. The van der Waals surface area contributed by atoms with Gasteiger partial charge in [0.25, 0.3) is 11.8 Å². The lowest BCUT2D eigenvalue weighted by Crippen LogP contribution is -2.63. The van der Waals surface area contributed by atoms with Crippen LogP contribution in [0.25, 0.3) is 0 Å². The van der Waals surface area contributed by atoms with E-state index in [1.165, 1.54) is 12.7 Å². The molecule has 1 aliphatic rings. The highest BCUT2D eigenvalue weighted by Gasteiger charge is 2.36. The summed E-state index contributed by atoms with van der Waals surface area (Å²) in [7, 11) is 3.56. The summed E-state index contributed by atoms with van der Waals surface area (Å²) in [5.41, 5.74) is 6.22. The quantitative estimate of drug-likeness (QED) is 0.296. The molecule has 10 heteroatoms. The summed E-state index contributed by atoms with van der Waals surface area (Å²) in [4.78, 5) is 21.9. The molecule has 22 heavy (non-hydrogen) atoms. The lowest BCUT2D eigenvalue weighted by Gasteiger charge is -2.32. The molecular formula is C12H21N7O3. The van der Waals surface area contributed by atoms with Gasteiger partial charge in [-0.3, -0.25) is 15.8 Å². The topological polar surface area (TPSA) is 141 Å². The number of carbonyl (C=O) groups is 1. The minimum absolute atomic E-state index is 0.178. The van der Waals surface area contributed by atoms with Crippen LogP contribution in [0.5, 0.6) is 0 Å². The maximum atomic E-state index is 12.1. The Morgan fingerprint density at radius 1 is 1.50 bits per heavy atom. The van der Waals surface area contributed by atoms with Gasteiger partial charge in [-0.25, -0.2) is 9.98 Å². The van der Waals surface area contributed by atoms with Crippen molar-refractivity contribution in [3.05, 3.63) is 12.0 Å². The fourth-order valence-electron chi connectivity index (χ4n) is 1.98. The third-order valence-corrected chi connectivity index (χ3v) is 3.13. The summed E-state index contributed by atoms with van der Waals surface area (Å²) in [6.45, 7) is -0.0620. The second-order valence-corrected chi connectivity index (χ2v) is 5.38. The normalized spacial score (nSPS) is 20.9. The molecule has 1 unspecified atom stereocenters. The predicted molar refractivity (Wildman–Crippen MR) is 80.1 cm³/mol. The maximum absolute atomic E-state index is 12.1. The fourth-order valence-corrected chi connectivity index (χ4v) is 1.98. The zero-order valence-corrected chi connectivity index (χ0v) is 12.5. The SMILES string of the molecule is CN(C)/C=N/C1(N)NC(=O)c2ncn(CC(CO)CO)c2N1. The van der Waals surface area contributed by atoms with Crippen molar-refractivity contribution in [1.29, 1.82) is 0 Å². The van der Waals surface area contributed by atoms with E-state index < -0.39 is 11.8 Å². The summed E-state index contributed by atoms with van der Waals surface area (Å²) >= 11 is 0. The average Bonchev–Trinajstić information content (AvgIpc) is 2.85. The number of hydrogen-bond donors (Lipinski definition) is 5. The minimum atomic E-state index is -1.49. The van der Waals surface area contributed by atoms with Gasteiger partial charge in [0.15, 0.2) is 5.69 Å². The molecule has 0 fully saturated rings. The molecular weight excluding hydrogens is 290 g/mol. The molecule has 6 N–H and O–H groups in total. The second-order valence-electron chi connectivity index (χ2n) is 5.38. The Labute approximate surface area is 127 Å². The highest BCUT2D eigenvalue weighted by molar-refractivity contribution is 5.99. The van der Waals surface area contributed by atoms with Crippen molar-refractivity contribution in [2.24, 2.45) is 16.6 Å². The average molecular weight is 311 g/mol. The van der Waals surface area contributed by atoms with E-state index in [4.69, 9.17) is 5.73 Å². The lowest BCUT2D eigenvalue weighted by atomic mass is 10.2. The number of nitrogens with two attached hydrogens (primary N) is 1. The molecule has 0 saturated carbocycles. The Bertz CT molecular complexity index is 567. The van der Waals surface area contributed by atoms with E-state index in [-0.39, 0.29) is 24.8 Å². The zero-order chi connectivity index (χ0) is 16.3. The number of imidazole rings is 1. The molecule has 1 amide bonds. The number of aliphatic hydroxyl groups excluding tert-OH is 2. The van der Waals surface area contributed by atoms with E-state index in [1.54, 1.807) is 23.6 Å². The van der Waals surface area contributed by atoms with Crippen LogP contribution in [-0.4, -0.2) is 70.1 Å². The van der Waals surface area contributed by atoms with Crippen molar-refractivity contribution in [2.75, 3.05) is 32.6 Å². The summed E-state index contributed by atoms with van der Waals surface area (Å²) in [5.74, 6) is -1.90. The van der Waals surface area contributed by atoms with Gasteiger partial charge >= 0.3 is 0 Å².